The number of aryl methyl sites for hydroxylation is 1. The van der Waals surface area contributed by atoms with E-state index in [-0.39, 0.29) is 11.9 Å². The molecule has 1 unspecified atom stereocenters. The molecule has 2 N–H and O–H groups in total. The molecule has 0 saturated heterocycles. The van der Waals surface area contributed by atoms with Crippen LogP contribution in [0.2, 0.25) is 5.02 Å². The molecule has 2 aromatic carbocycles. The molecule has 0 fully saturated rings. The average Bonchev–Trinajstić information content (AvgIpc) is 2.34. The summed E-state index contributed by atoms with van der Waals surface area (Å²) < 4.78 is 13.7. The van der Waals surface area contributed by atoms with Crippen molar-refractivity contribution in [2.24, 2.45) is 5.73 Å². The molecule has 2 aromatic rings. The first-order valence-corrected chi connectivity index (χ1v) is 6.68. The van der Waals surface area contributed by atoms with E-state index in [9.17, 15) is 4.39 Å². The van der Waals surface area contributed by atoms with E-state index in [4.69, 9.17) is 17.3 Å². The Labute approximate surface area is 118 Å². The molecule has 2 rings (SSSR count). The van der Waals surface area contributed by atoms with E-state index in [0.29, 0.717) is 23.4 Å². The van der Waals surface area contributed by atoms with Crippen LogP contribution in [0, 0.1) is 12.7 Å². The van der Waals surface area contributed by atoms with Crippen LogP contribution in [-0.4, -0.2) is 6.04 Å². The minimum atomic E-state index is -0.285. The molecule has 0 spiro atoms. The first-order chi connectivity index (χ1) is 9.06. The molecule has 0 amide bonds. The molecule has 0 heterocycles. The van der Waals surface area contributed by atoms with Gasteiger partial charge in [0.1, 0.15) is 5.82 Å². The lowest BCUT2D eigenvalue weighted by molar-refractivity contribution is 0.584. The summed E-state index contributed by atoms with van der Waals surface area (Å²) in [7, 11) is 0. The Hall–Kier alpha value is -1.38. The van der Waals surface area contributed by atoms with Gasteiger partial charge in [-0.25, -0.2) is 4.39 Å². The third-order valence-corrected chi connectivity index (χ3v) is 3.46. The van der Waals surface area contributed by atoms with Crippen LogP contribution in [0.4, 0.5) is 4.39 Å². The summed E-state index contributed by atoms with van der Waals surface area (Å²) in [5.41, 5.74) is 8.97. The monoisotopic (exact) mass is 277 g/mol. The van der Waals surface area contributed by atoms with Gasteiger partial charge in [0, 0.05) is 16.6 Å². The molecule has 0 aliphatic rings. The normalized spacial score (nSPS) is 12.4. The lowest BCUT2D eigenvalue weighted by Gasteiger charge is -2.14. The van der Waals surface area contributed by atoms with Gasteiger partial charge >= 0.3 is 0 Å². The Bertz CT molecular complexity index is 548. The Morgan fingerprint density at radius 1 is 1.16 bits per heavy atom. The van der Waals surface area contributed by atoms with Crippen LogP contribution in [0.3, 0.4) is 0 Å². The third-order valence-electron chi connectivity index (χ3n) is 3.11. The quantitative estimate of drug-likeness (QED) is 0.901. The SMILES string of the molecule is Cc1cccc(CC(N)Cc2c(F)cccc2Cl)c1. The molecule has 19 heavy (non-hydrogen) atoms. The van der Waals surface area contributed by atoms with Gasteiger partial charge in [-0.3, -0.25) is 0 Å². The Morgan fingerprint density at radius 3 is 2.58 bits per heavy atom. The molecule has 100 valence electrons. The van der Waals surface area contributed by atoms with Crippen molar-refractivity contribution in [3.8, 4) is 0 Å². The van der Waals surface area contributed by atoms with Gasteiger partial charge in [0.25, 0.3) is 0 Å². The first kappa shape index (κ1) is 14.0. The second-order valence-electron chi connectivity index (χ2n) is 4.86. The van der Waals surface area contributed by atoms with Gasteiger partial charge in [0.2, 0.25) is 0 Å². The van der Waals surface area contributed by atoms with Gasteiger partial charge in [0.15, 0.2) is 0 Å². The summed E-state index contributed by atoms with van der Waals surface area (Å²) in [6.07, 6.45) is 1.16. The molecule has 0 bridgehead atoms. The van der Waals surface area contributed by atoms with Crippen LogP contribution in [0.1, 0.15) is 16.7 Å². The predicted molar refractivity (Wildman–Crippen MR) is 78.0 cm³/mol. The highest BCUT2D eigenvalue weighted by Gasteiger charge is 2.12. The molecule has 0 aliphatic carbocycles. The molecule has 0 aromatic heterocycles. The van der Waals surface area contributed by atoms with Gasteiger partial charge in [0.05, 0.1) is 0 Å². The fourth-order valence-corrected chi connectivity index (χ4v) is 2.44. The zero-order valence-corrected chi connectivity index (χ0v) is 11.6. The molecular weight excluding hydrogens is 261 g/mol. The number of hydrogen-bond donors (Lipinski definition) is 1. The fraction of sp³-hybridized carbons (Fsp3) is 0.250. The van der Waals surface area contributed by atoms with E-state index >= 15 is 0 Å². The van der Waals surface area contributed by atoms with E-state index in [1.54, 1.807) is 12.1 Å². The molecule has 0 saturated carbocycles. The van der Waals surface area contributed by atoms with Crippen LogP contribution in [0.15, 0.2) is 42.5 Å². The van der Waals surface area contributed by atoms with Gasteiger partial charge in [-0.05, 0) is 37.5 Å². The van der Waals surface area contributed by atoms with Crippen molar-refractivity contribution in [3.63, 3.8) is 0 Å². The third kappa shape index (κ3) is 3.79. The summed E-state index contributed by atoms with van der Waals surface area (Å²) in [5, 5.41) is 0.444. The smallest absolute Gasteiger partial charge is 0.127 e. The van der Waals surface area contributed by atoms with Crippen molar-refractivity contribution in [3.05, 3.63) is 70.0 Å². The standard InChI is InChI=1S/C16H17ClFN/c1-11-4-2-5-12(8-11)9-13(19)10-14-15(17)6-3-7-16(14)18/h2-8,13H,9-10,19H2,1H3. The molecule has 1 atom stereocenters. The van der Waals surface area contributed by atoms with Crippen molar-refractivity contribution in [2.45, 2.75) is 25.8 Å². The van der Waals surface area contributed by atoms with Crippen molar-refractivity contribution in [2.75, 3.05) is 0 Å². The van der Waals surface area contributed by atoms with E-state index < -0.39 is 0 Å². The fourth-order valence-electron chi connectivity index (χ4n) is 2.20. The summed E-state index contributed by atoms with van der Waals surface area (Å²) in [5.74, 6) is -0.285. The minimum absolute atomic E-state index is 0.142. The Kier molecular flexibility index (Phi) is 4.56. The van der Waals surface area contributed by atoms with Crippen LogP contribution in [-0.2, 0) is 12.8 Å². The van der Waals surface area contributed by atoms with Crippen molar-refractivity contribution in [1.82, 2.24) is 0 Å². The van der Waals surface area contributed by atoms with E-state index in [2.05, 4.69) is 6.07 Å². The lowest BCUT2D eigenvalue weighted by Crippen LogP contribution is -2.26. The number of nitrogens with two attached hydrogens (primary N) is 1. The lowest BCUT2D eigenvalue weighted by atomic mass is 9.98. The van der Waals surface area contributed by atoms with Crippen LogP contribution >= 0.6 is 11.6 Å². The topological polar surface area (TPSA) is 26.0 Å². The minimum Gasteiger partial charge on any atom is -0.327 e. The summed E-state index contributed by atoms with van der Waals surface area (Å²) in [6.45, 7) is 2.04. The maximum atomic E-state index is 13.7. The summed E-state index contributed by atoms with van der Waals surface area (Å²) in [6, 6.07) is 12.8. The van der Waals surface area contributed by atoms with Crippen LogP contribution < -0.4 is 5.73 Å². The highest BCUT2D eigenvalue weighted by Crippen LogP contribution is 2.21. The predicted octanol–water partition coefficient (Wildman–Crippen LogP) is 3.90. The van der Waals surface area contributed by atoms with Gasteiger partial charge in [-0.1, -0.05) is 47.5 Å². The van der Waals surface area contributed by atoms with E-state index in [1.807, 2.05) is 25.1 Å². The zero-order valence-electron chi connectivity index (χ0n) is 10.9. The van der Waals surface area contributed by atoms with E-state index in [0.717, 1.165) is 0 Å². The largest absolute Gasteiger partial charge is 0.327 e. The second kappa shape index (κ2) is 6.18. The summed E-state index contributed by atoms with van der Waals surface area (Å²) in [4.78, 5) is 0. The van der Waals surface area contributed by atoms with Gasteiger partial charge in [-0.15, -0.1) is 0 Å². The van der Waals surface area contributed by atoms with Crippen molar-refractivity contribution < 1.29 is 4.39 Å². The number of benzene rings is 2. The molecule has 0 radical (unpaired) electrons. The van der Waals surface area contributed by atoms with Gasteiger partial charge < -0.3 is 5.73 Å². The maximum Gasteiger partial charge on any atom is 0.127 e. The molecule has 1 nitrogen and oxygen atoms in total. The number of rotatable bonds is 4. The van der Waals surface area contributed by atoms with Crippen molar-refractivity contribution in [1.29, 1.82) is 0 Å². The van der Waals surface area contributed by atoms with Gasteiger partial charge in [-0.2, -0.15) is 0 Å². The molecule has 0 aliphatic heterocycles. The number of halogens is 2. The number of hydrogen-bond acceptors (Lipinski definition) is 1. The average molecular weight is 278 g/mol. The van der Waals surface area contributed by atoms with E-state index in [1.165, 1.54) is 17.2 Å². The van der Waals surface area contributed by atoms with Crippen LogP contribution in [0.25, 0.3) is 0 Å². The van der Waals surface area contributed by atoms with Crippen LogP contribution in [0.5, 0.6) is 0 Å². The molecule has 3 heteroatoms. The second-order valence-corrected chi connectivity index (χ2v) is 5.26. The highest BCUT2D eigenvalue weighted by molar-refractivity contribution is 6.31. The molecular formula is C16H17ClFN. The zero-order chi connectivity index (χ0) is 13.8. The van der Waals surface area contributed by atoms with Crippen molar-refractivity contribution >= 4 is 11.6 Å². The first-order valence-electron chi connectivity index (χ1n) is 6.30. The summed E-state index contributed by atoms with van der Waals surface area (Å²) >= 11 is 6.01. The Balaban J connectivity index is 2.07. The highest BCUT2D eigenvalue weighted by atomic mass is 35.5. The maximum absolute atomic E-state index is 13.7. The Morgan fingerprint density at radius 2 is 1.89 bits per heavy atom.